The Morgan fingerprint density at radius 3 is 2.74 bits per heavy atom. The Hall–Kier alpha value is -3.10. The van der Waals surface area contributed by atoms with E-state index < -0.39 is 0 Å². The first kappa shape index (κ1) is 21.1. The van der Waals surface area contributed by atoms with Crippen molar-refractivity contribution in [3.63, 3.8) is 0 Å². The Labute approximate surface area is 189 Å². The van der Waals surface area contributed by atoms with Crippen molar-refractivity contribution < 1.29 is 9.53 Å². The van der Waals surface area contributed by atoms with Crippen LogP contribution in [0.3, 0.4) is 0 Å². The summed E-state index contributed by atoms with van der Waals surface area (Å²) in [5.74, 6) is 1.83. The number of nitrogens with one attached hydrogen (secondary N) is 1. The summed E-state index contributed by atoms with van der Waals surface area (Å²) in [7, 11) is 1.63. The molecule has 0 spiro atoms. The van der Waals surface area contributed by atoms with E-state index in [4.69, 9.17) is 4.74 Å². The number of para-hydroxylation sites is 1. The molecule has 0 radical (unpaired) electrons. The van der Waals surface area contributed by atoms with E-state index >= 15 is 0 Å². The Balaban J connectivity index is 1.44. The summed E-state index contributed by atoms with van der Waals surface area (Å²) in [5.41, 5.74) is 1.97. The van der Waals surface area contributed by atoms with Gasteiger partial charge in [0, 0.05) is 23.5 Å². The highest BCUT2D eigenvalue weighted by atomic mass is 32.2. The Morgan fingerprint density at radius 2 is 1.97 bits per heavy atom. The summed E-state index contributed by atoms with van der Waals surface area (Å²) in [5, 5.41) is 14.5. The molecule has 0 bridgehead atoms. The highest BCUT2D eigenvalue weighted by Crippen LogP contribution is 2.24. The van der Waals surface area contributed by atoms with Gasteiger partial charge in [-0.1, -0.05) is 48.2 Å². The van der Waals surface area contributed by atoms with Gasteiger partial charge in [-0.25, -0.2) is 0 Å². The maximum absolute atomic E-state index is 12.4. The van der Waals surface area contributed by atoms with Gasteiger partial charge in [-0.05, 0) is 41.3 Å². The molecule has 4 aromatic rings. The van der Waals surface area contributed by atoms with Gasteiger partial charge in [0.15, 0.2) is 5.16 Å². The number of aromatic nitrogens is 3. The summed E-state index contributed by atoms with van der Waals surface area (Å²) in [6, 6.07) is 21.8. The number of carbonyl (C=O) groups excluding carboxylic acids is 1. The molecule has 2 heterocycles. The summed E-state index contributed by atoms with van der Waals surface area (Å²) in [6.07, 6.45) is 0.697. The molecule has 0 unspecified atom stereocenters. The SMILES string of the molecule is COc1cccc(CNC(=O)CSc2nnc(Cc3cccs3)n2-c2ccccc2)c1. The van der Waals surface area contributed by atoms with Crippen molar-refractivity contribution in [1.29, 1.82) is 0 Å². The molecular formula is C23H22N4O2S2. The number of ether oxygens (including phenoxy) is 1. The molecule has 0 fully saturated rings. The van der Waals surface area contributed by atoms with Crippen LogP contribution in [0.5, 0.6) is 5.75 Å². The van der Waals surface area contributed by atoms with Crippen LogP contribution in [0.2, 0.25) is 0 Å². The van der Waals surface area contributed by atoms with E-state index in [1.54, 1.807) is 18.4 Å². The molecule has 0 aliphatic carbocycles. The summed E-state index contributed by atoms with van der Waals surface area (Å²) >= 11 is 3.08. The lowest BCUT2D eigenvalue weighted by atomic mass is 10.2. The van der Waals surface area contributed by atoms with Gasteiger partial charge >= 0.3 is 0 Å². The smallest absolute Gasteiger partial charge is 0.230 e. The number of thioether (sulfide) groups is 1. The van der Waals surface area contributed by atoms with Gasteiger partial charge in [-0.2, -0.15) is 0 Å². The van der Waals surface area contributed by atoms with Crippen LogP contribution in [0.25, 0.3) is 5.69 Å². The fraction of sp³-hybridized carbons (Fsp3) is 0.174. The van der Waals surface area contributed by atoms with E-state index in [1.807, 2.05) is 65.2 Å². The zero-order valence-corrected chi connectivity index (χ0v) is 18.7. The highest BCUT2D eigenvalue weighted by Gasteiger charge is 2.16. The average Bonchev–Trinajstić information content (AvgIpc) is 3.47. The lowest BCUT2D eigenvalue weighted by molar-refractivity contribution is -0.118. The fourth-order valence-corrected chi connectivity index (χ4v) is 4.58. The lowest BCUT2D eigenvalue weighted by Gasteiger charge is -2.10. The number of benzene rings is 2. The lowest BCUT2D eigenvalue weighted by Crippen LogP contribution is -2.24. The molecule has 0 saturated carbocycles. The van der Waals surface area contributed by atoms with Crippen LogP contribution in [0.4, 0.5) is 0 Å². The average molecular weight is 451 g/mol. The zero-order valence-electron chi connectivity index (χ0n) is 17.0. The fourth-order valence-electron chi connectivity index (χ4n) is 3.08. The predicted octanol–water partition coefficient (Wildman–Crippen LogP) is 4.34. The van der Waals surface area contributed by atoms with E-state index in [0.717, 1.165) is 22.8 Å². The Bertz CT molecular complexity index is 1130. The van der Waals surface area contributed by atoms with Crippen molar-refractivity contribution in [1.82, 2.24) is 20.1 Å². The minimum atomic E-state index is -0.0600. The van der Waals surface area contributed by atoms with E-state index in [9.17, 15) is 4.79 Å². The number of hydrogen-bond acceptors (Lipinski definition) is 6. The number of methoxy groups -OCH3 is 1. The summed E-state index contributed by atoms with van der Waals surface area (Å²) in [4.78, 5) is 13.7. The van der Waals surface area contributed by atoms with E-state index in [2.05, 4.69) is 27.0 Å². The quantitative estimate of drug-likeness (QED) is 0.384. The van der Waals surface area contributed by atoms with Gasteiger partial charge in [0.2, 0.25) is 5.91 Å². The van der Waals surface area contributed by atoms with Crippen LogP contribution in [0.1, 0.15) is 16.3 Å². The first-order chi connectivity index (χ1) is 15.2. The third-order valence-electron chi connectivity index (χ3n) is 4.58. The number of carbonyl (C=O) groups is 1. The highest BCUT2D eigenvalue weighted by molar-refractivity contribution is 7.99. The van der Waals surface area contributed by atoms with Crippen molar-refractivity contribution in [3.05, 3.63) is 88.4 Å². The molecule has 8 heteroatoms. The Kier molecular flexibility index (Phi) is 7.01. The molecule has 2 aromatic carbocycles. The summed E-state index contributed by atoms with van der Waals surface area (Å²) < 4.78 is 7.26. The van der Waals surface area contributed by atoms with Crippen molar-refractivity contribution in [2.75, 3.05) is 12.9 Å². The molecule has 1 N–H and O–H groups in total. The maximum atomic E-state index is 12.4. The maximum Gasteiger partial charge on any atom is 0.230 e. The largest absolute Gasteiger partial charge is 0.497 e. The molecule has 158 valence electrons. The van der Waals surface area contributed by atoms with Gasteiger partial charge < -0.3 is 10.1 Å². The third-order valence-corrected chi connectivity index (χ3v) is 6.39. The van der Waals surface area contributed by atoms with Crippen molar-refractivity contribution in [3.8, 4) is 11.4 Å². The first-order valence-electron chi connectivity index (χ1n) is 9.77. The number of nitrogens with zero attached hydrogens (tertiary/aromatic N) is 3. The molecule has 6 nitrogen and oxygen atoms in total. The topological polar surface area (TPSA) is 69.0 Å². The van der Waals surface area contributed by atoms with Crippen molar-refractivity contribution >= 4 is 29.0 Å². The predicted molar refractivity (Wildman–Crippen MR) is 124 cm³/mol. The standard InChI is InChI=1S/C23H22N4O2S2/c1-29-19-10-5-7-17(13-19)15-24-22(28)16-31-23-26-25-21(14-20-11-6-12-30-20)27(23)18-8-3-2-4-9-18/h2-13H,14-16H2,1H3,(H,24,28). The normalized spacial score (nSPS) is 10.7. The molecule has 4 rings (SSSR count). The molecule has 1 amide bonds. The molecule has 0 saturated heterocycles. The minimum absolute atomic E-state index is 0.0600. The van der Waals surface area contributed by atoms with Crippen LogP contribution in [-0.4, -0.2) is 33.5 Å². The molecular weight excluding hydrogens is 428 g/mol. The van der Waals surface area contributed by atoms with Crippen LogP contribution in [0, 0.1) is 0 Å². The summed E-state index contributed by atoms with van der Waals surface area (Å²) in [6.45, 7) is 0.450. The van der Waals surface area contributed by atoms with Gasteiger partial charge in [0.05, 0.1) is 12.9 Å². The number of rotatable bonds is 9. The first-order valence-corrected chi connectivity index (χ1v) is 11.6. The van der Waals surface area contributed by atoms with Crippen LogP contribution >= 0.6 is 23.1 Å². The molecule has 31 heavy (non-hydrogen) atoms. The second-order valence-corrected chi connectivity index (χ2v) is 8.72. The monoisotopic (exact) mass is 450 g/mol. The molecule has 0 aliphatic rings. The molecule has 2 aromatic heterocycles. The zero-order chi connectivity index (χ0) is 21.5. The second kappa shape index (κ2) is 10.3. The van der Waals surface area contributed by atoms with E-state index in [-0.39, 0.29) is 11.7 Å². The van der Waals surface area contributed by atoms with Crippen molar-refractivity contribution in [2.24, 2.45) is 0 Å². The van der Waals surface area contributed by atoms with E-state index in [1.165, 1.54) is 16.6 Å². The van der Waals surface area contributed by atoms with Gasteiger partial charge in [0.1, 0.15) is 11.6 Å². The van der Waals surface area contributed by atoms with E-state index in [0.29, 0.717) is 18.1 Å². The Morgan fingerprint density at radius 1 is 1.10 bits per heavy atom. The van der Waals surface area contributed by atoms with Crippen LogP contribution in [0.15, 0.2) is 77.3 Å². The van der Waals surface area contributed by atoms with Crippen molar-refractivity contribution in [2.45, 2.75) is 18.1 Å². The third kappa shape index (κ3) is 5.53. The van der Waals surface area contributed by atoms with Crippen LogP contribution in [-0.2, 0) is 17.8 Å². The van der Waals surface area contributed by atoms with Crippen LogP contribution < -0.4 is 10.1 Å². The number of amides is 1. The number of hydrogen-bond donors (Lipinski definition) is 1. The van der Waals surface area contributed by atoms with Gasteiger partial charge in [0.25, 0.3) is 0 Å². The minimum Gasteiger partial charge on any atom is -0.497 e. The van der Waals surface area contributed by atoms with Gasteiger partial charge in [-0.15, -0.1) is 21.5 Å². The number of thiophene rings is 1. The molecule has 0 atom stereocenters. The van der Waals surface area contributed by atoms with Gasteiger partial charge in [-0.3, -0.25) is 9.36 Å². The molecule has 0 aliphatic heterocycles. The second-order valence-electron chi connectivity index (χ2n) is 6.74.